The van der Waals surface area contributed by atoms with Crippen LogP contribution in [-0.4, -0.2) is 60.8 Å². The molecule has 21 valence electrons. The molecule has 4 heteroatoms. The average molecular weight is 160 g/mol. The number of hydrogen-bond acceptors (Lipinski definition) is 1. The summed E-state index contributed by atoms with van der Waals surface area (Å²) in [5.41, 5.74) is 0. The first-order chi connectivity index (χ1) is 1.00. The van der Waals surface area contributed by atoms with E-state index in [1.165, 1.54) is 0 Å². The standard InChI is InChI=1S/Ca.Cu.Mg.S. The summed E-state index contributed by atoms with van der Waals surface area (Å²) in [7, 11) is 3.65. The van der Waals surface area contributed by atoms with Crippen molar-refractivity contribution in [3.63, 3.8) is 0 Å². The van der Waals surface area contributed by atoms with E-state index in [0.717, 1.165) is 0 Å². The summed E-state index contributed by atoms with van der Waals surface area (Å²) < 4.78 is 0. The third-order valence-corrected chi connectivity index (χ3v) is 0. The maximum atomic E-state index is 3.77. The Morgan fingerprint density at radius 2 is 1.25 bits per heavy atom. The van der Waals surface area contributed by atoms with Crippen LogP contribution in [0.3, 0.4) is 0 Å². The summed E-state index contributed by atoms with van der Waals surface area (Å²) in [4.78, 5) is 0. The first kappa shape index (κ1) is 15.9. The van der Waals surface area contributed by atoms with Crippen LogP contribution in [0.1, 0.15) is 0 Å². The molecular formula is CaCuMgS. The number of rotatable bonds is 0. The summed E-state index contributed by atoms with van der Waals surface area (Å²) in [6, 6.07) is 0. The van der Waals surface area contributed by atoms with Gasteiger partial charge >= 0.3 is 24.9 Å². The first-order valence-electron chi connectivity index (χ1n) is 0.123. The zero-order chi connectivity index (χ0) is 2.00. The van der Waals surface area contributed by atoms with Crippen molar-refractivity contribution in [1.29, 1.82) is 0 Å². The minimum atomic E-state index is 0. The van der Waals surface area contributed by atoms with Crippen molar-refractivity contribution >= 4 is 71.3 Å². The summed E-state index contributed by atoms with van der Waals surface area (Å²) >= 11 is 3.77. The Kier molecular flexibility index (Phi) is 67.9. The normalized spacial score (nSPS) is 1.50. The molecule has 0 aliphatic rings. The molecule has 0 aliphatic carbocycles. The zero-order valence-corrected chi connectivity index (χ0v) is 7.50. The summed E-state index contributed by atoms with van der Waals surface area (Å²) in [6.07, 6.45) is 0. The fraction of sp³-hybridized carbons (Fsp3) is 0. The predicted molar refractivity (Wildman–Crippen MR) is 19.1 cm³/mol. The van der Waals surface area contributed by atoms with Gasteiger partial charge in [-0.1, -0.05) is 0 Å². The van der Waals surface area contributed by atoms with Gasteiger partial charge in [0.2, 0.25) is 0 Å². The fourth-order valence-corrected chi connectivity index (χ4v) is 0. The van der Waals surface area contributed by atoms with Crippen LogP contribution in [0.15, 0.2) is 0 Å². The van der Waals surface area contributed by atoms with Gasteiger partial charge in [-0.3, -0.25) is 0 Å². The van der Waals surface area contributed by atoms with Crippen LogP contribution in [0.5, 0.6) is 0 Å². The second kappa shape index (κ2) is 17.1. The molecule has 0 N–H and O–H groups in total. The molecule has 0 bridgehead atoms. The fourth-order valence-electron chi connectivity index (χ4n) is 0. The maximum absolute atomic E-state index is 3.77. The molecule has 0 heterocycles. The molecule has 0 atom stereocenters. The summed E-state index contributed by atoms with van der Waals surface area (Å²) in [6.45, 7) is 0. The molecular weight excluding hydrogens is 160 g/mol. The van der Waals surface area contributed by atoms with Crippen molar-refractivity contribution in [2.24, 2.45) is 0 Å². The molecule has 0 unspecified atom stereocenters. The van der Waals surface area contributed by atoms with Crippen molar-refractivity contribution in [2.45, 2.75) is 0 Å². The van der Waals surface area contributed by atoms with E-state index in [1.54, 1.807) is 0 Å². The van der Waals surface area contributed by atoms with E-state index >= 15 is 0 Å². The quantitative estimate of drug-likeness (QED) is 0.445. The Morgan fingerprint density at radius 3 is 1.25 bits per heavy atom. The van der Waals surface area contributed by atoms with E-state index in [4.69, 9.17) is 0 Å². The second-order valence-electron chi connectivity index (χ2n) is 0. The molecule has 0 aromatic carbocycles. The van der Waals surface area contributed by atoms with E-state index in [9.17, 15) is 0 Å². The molecule has 0 fully saturated rings. The molecule has 0 aliphatic heterocycles. The van der Waals surface area contributed by atoms with Gasteiger partial charge in [-0.15, -0.1) is 0 Å². The summed E-state index contributed by atoms with van der Waals surface area (Å²) in [5, 5.41) is 0. The number of hydrogen-bond donors (Lipinski definition) is 0. The van der Waals surface area contributed by atoms with Crippen LogP contribution in [0.4, 0.5) is 0 Å². The van der Waals surface area contributed by atoms with Gasteiger partial charge in [0.05, 0.1) is 0 Å². The molecule has 4 radical (unpaired) electrons. The van der Waals surface area contributed by atoms with Crippen molar-refractivity contribution in [3.05, 3.63) is 0 Å². The Balaban J connectivity index is -0.00000000500. The third-order valence-electron chi connectivity index (χ3n) is 0. The van der Waals surface area contributed by atoms with Crippen molar-refractivity contribution in [3.8, 4) is 0 Å². The van der Waals surface area contributed by atoms with Gasteiger partial charge in [0.15, 0.2) is 0 Å². The van der Waals surface area contributed by atoms with Gasteiger partial charge in [-0.05, 0) is 0 Å². The van der Waals surface area contributed by atoms with Crippen LogP contribution in [-0.2, 0) is 14.4 Å². The molecule has 0 aromatic heterocycles. The Labute approximate surface area is 83.9 Å². The Bertz CT molecular complexity index is 8.00. The zero-order valence-electron chi connectivity index (χ0n) is 2.12. The van der Waals surface area contributed by atoms with Crippen molar-refractivity contribution in [1.82, 2.24) is 0 Å². The van der Waals surface area contributed by atoms with Gasteiger partial charge in [0.1, 0.15) is 0 Å². The van der Waals surface area contributed by atoms with E-state index in [0.29, 0.717) is 0 Å². The Hall–Kier alpha value is 2.77. The molecule has 0 spiro atoms. The van der Waals surface area contributed by atoms with Crippen molar-refractivity contribution < 1.29 is 14.4 Å². The SMILES string of the molecule is [Ca].[Mg].[S]=[Cu]. The molecule has 0 saturated heterocycles. The van der Waals surface area contributed by atoms with Crippen LogP contribution in [0, 0.1) is 0 Å². The van der Waals surface area contributed by atoms with E-state index < -0.39 is 0 Å². The monoisotopic (exact) mass is 159 g/mol. The molecule has 0 amide bonds. The van der Waals surface area contributed by atoms with E-state index in [1.807, 2.05) is 0 Å². The summed E-state index contributed by atoms with van der Waals surface area (Å²) in [5.74, 6) is 0. The minimum absolute atomic E-state index is 0. The van der Waals surface area contributed by atoms with Gasteiger partial charge in [0.25, 0.3) is 0 Å². The Morgan fingerprint density at radius 1 is 1.25 bits per heavy atom. The van der Waals surface area contributed by atoms with Crippen LogP contribution in [0.2, 0.25) is 0 Å². The second-order valence-corrected chi connectivity index (χ2v) is 0. The van der Waals surface area contributed by atoms with Crippen molar-refractivity contribution in [2.75, 3.05) is 0 Å². The average Bonchev–Trinajstić information content (AvgIpc) is 1.00. The van der Waals surface area contributed by atoms with E-state index in [2.05, 4.69) is 24.9 Å². The molecule has 0 saturated carbocycles. The topological polar surface area (TPSA) is 0 Å². The third kappa shape index (κ3) is 8.83. The van der Waals surface area contributed by atoms with Gasteiger partial charge in [-0.25, -0.2) is 0 Å². The predicted octanol–water partition coefficient (Wildman–Crippen LogP) is -0.116. The molecule has 0 nitrogen and oxygen atoms in total. The van der Waals surface area contributed by atoms with E-state index in [-0.39, 0.29) is 60.8 Å². The molecule has 4 heavy (non-hydrogen) atoms. The molecule has 0 aromatic rings. The van der Waals surface area contributed by atoms with Crippen LogP contribution < -0.4 is 0 Å². The van der Waals surface area contributed by atoms with Crippen LogP contribution >= 0.6 is 10.6 Å². The van der Waals surface area contributed by atoms with Gasteiger partial charge in [0, 0.05) is 60.8 Å². The van der Waals surface area contributed by atoms with Gasteiger partial charge < -0.3 is 0 Å². The first-order valence-corrected chi connectivity index (χ1v) is 1.52. The van der Waals surface area contributed by atoms with Gasteiger partial charge in [-0.2, -0.15) is 0 Å². The molecule has 0 rings (SSSR count). The van der Waals surface area contributed by atoms with Crippen LogP contribution in [0.25, 0.3) is 0 Å².